The van der Waals surface area contributed by atoms with Crippen LogP contribution in [0, 0.1) is 11.8 Å². The van der Waals surface area contributed by atoms with Crippen molar-refractivity contribution in [3.05, 3.63) is 74.2 Å². The fourth-order valence-electron chi connectivity index (χ4n) is 2.27. The first-order valence-electron chi connectivity index (χ1n) is 8.42. The second kappa shape index (κ2) is 9.06. The van der Waals surface area contributed by atoms with Crippen LogP contribution in [0.5, 0.6) is 10.9 Å². The molecule has 8 heteroatoms. The molecule has 148 valence electrons. The zero-order chi connectivity index (χ0) is 21.0. The monoisotopic (exact) mass is 464 g/mol. The van der Waals surface area contributed by atoms with Crippen molar-refractivity contribution in [2.24, 2.45) is 0 Å². The van der Waals surface area contributed by atoms with Gasteiger partial charge < -0.3 is 10.1 Å². The molecule has 29 heavy (non-hydrogen) atoms. The number of ether oxygens (including phenoxy) is 1. The molecule has 0 saturated heterocycles. The van der Waals surface area contributed by atoms with Gasteiger partial charge in [-0.05, 0) is 50.2 Å². The summed E-state index contributed by atoms with van der Waals surface area (Å²) in [7, 11) is 0. The Morgan fingerprint density at radius 3 is 2.62 bits per heavy atom. The van der Waals surface area contributed by atoms with E-state index in [1.54, 1.807) is 56.4 Å². The topological polar surface area (TPSA) is 51.2 Å². The fourth-order valence-corrected chi connectivity index (χ4v) is 3.58. The summed E-state index contributed by atoms with van der Waals surface area (Å²) in [5.41, 5.74) is -0.459. The summed E-state index contributed by atoms with van der Waals surface area (Å²) in [6.45, 7) is 3.60. The summed E-state index contributed by atoms with van der Waals surface area (Å²) >= 11 is 19.2. The standard InChI is InChI=1S/C21H15Cl3N2O2S/c1-21(2,26-19(27)17-7-6-14(23)11-18(17)24)9-8-16-12-25-20(29-16)28-15-5-3-4-13(22)10-15/h3-7,10-12H,1-2H3,(H,26,27). The Morgan fingerprint density at radius 1 is 1.14 bits per heavy atom. The molecule has 0 aliphatic rings. The number of benzene rings is 2. The van der Waals surface area contributed by atoms with Crippen molar-refractivity contribution in [1.29, 1.82) is 0 Å². The maximum absolute atomic E-state index is 12.5. The molecule has 3 rings (SSSR count). The van der Waals surface area contributed by atoms with Gasteiger partial charge in [-0.3, -0.25) is 4.79 Å². The molecule has 3 aromatic rings. The van der Waals surface area contributed by atoms with Crippen molar-refractivity contribution in [3.8, 4) is 22.8 Å². The van der Waals surface area contributed by atoms with Gasteiger partial charge in [-0.25, -0.2) is 4.98 Å². The molecule has 1 aromatic heterocycles. The first-order chi connectivity index (χ1) is 13.7. The number of rotatable bonds is 4. The highest BCUT2D eigenvalue weighted by Gasteiger charge is 2.20. The van der Waals surface area contributed by atoms with Crippen LogP contribution in [0.2, 0.25) is 15.1 Å². The second-order valence-corrected chi connectivity index (χ2v) is 8.78. The number of halogens is 3. The molecule has 0 unspecified atom stereocenters. The van der Waals surface area contributed by atoms with Gasteiger partial charge in [0, 0.05) is 10.0 Å². The first-order valence-corrected chi connectivity index (χ1v) is 10.4. The van der Waals surface area contributed by atoms with Crippen molar-refractivity contribution in [3.63, 3.8) is 0 Å². The Labute approximate surface area is 187 Å². The van der Waals surface area contributed by atoms with Gasteiger partial charge in [0.05, 0.1) is 22.3 Å². The molecule has 0 aliphatic carbocycles. The van der Waals surface area contributed by atoms with Crippen LogP contribution in [0.1, 0.15) is 29.1 Å². The van der Waals surface area contributed by atoms with Crippen LogP contribution in [-0.4, -0.2) is 16.4 Å². The van der Waals surface area contributed by atoms with E-state index in [1.165, 1.54) is 17.4 Å². The Kier molecular flexibility index (Phi) is 6.71. The lowest BCUT2D eigenvalue weighted by atomic mass is 10.1. The van der Waals surface area contributed by atoms with Gasteiger partial charge in [-0.15, -0.1) is 0 Å². The Bertz CT molecular complexity index is 1120. The summed E-state index contributed by atoms with van der Waals surface area (Å²) in [5.74, 6) is 6.31. The minimum atomic E-state index is -0.794. The Hall–Kier alpha value is -2.23. The number of amides is 1. The maximum atomic E-state index is 12.5. The fraction of sp³-hybridized carbons (Fsp3) is 0.143. The highest BCUT2D eigenvalue weighted by molar-refractivity contribution is 7.13. The van der Waals surface area contributed by atoms with E-state index >= 15 is 0 Å². The largest absolute Gasteiger partial charge is 0.431 e. The van der Waals surface area contributed by atoms with Gasteiger partial charge in [0.25, 0.3) is 11.1 Å². The normalized spacial score (nSPS) is 10.8. The third kappa shape index (κ3) is 6.12. The number of carbonyl (C=O) groups excluding carboxylic acids is 1. The van der Waals surface area contributed by atoms with Crippen LogP contribution in [0.25, 0.3) is 0 Å². The minimum Gasteiger partial charge on any atom is -0.431 e. The molecule has 2 aromatic carbocycles. The molecule has 0 saturated carbocycles. The van der Waals surface area contributed by atoms with Gasteiger partial charge in [0.15, 0.2) is 0 Å². The Balaban J connectivity index is 1.68. The van der Waals surface area contributed by atoms with Crippen molar-refractivity contribution in [2.45, 2.75) is 19.4 Å². The molecule has 0 fully saturated rings. The number of nitrogens with one attached hydrogen (secondary N) is 1. The zero-order valence-electron chi connectivity index (χ0n) is 15.4. The lowest BCUT2D eigenvalue weighted by Crippen LogP contribution is -2.42. The minimum absolute atomic E-state index is 0.282. The summed E-state index contributed by atoms with van der Waals surface area (Å²) < 4.78 is 5.68. The van der Waals surface area contributed by atoms with E-state index in [2.05, 4.69) is 22.1 Å². The average Bonchev–Trinajstić information content (AvgIpc) is 3.07. The lowest BCUT2D eigenvalue weighted by molar-refractivity contribution is 0.0930. The molecule has 0 aliphatic heterocycles. The van der Waals surface area contributed by atoms with Crippen molar-refractivity contribution >= 4 is 52.0 Å². The number of nitrogens with zero attached hydrogens (tertiary/aromatic N) is 1. The number of carbonyl (C=O) groups is 1. The van der Waals surface area contributed by atoms with Crippen LogP contribution >= 0.6 is 46.1 Å². The molecule has 1 N–H and O–H groups in total. The van der Waals surface area contributed by atoms with Crippen LogP contribution in [-0.2, 0) is 0 Å². The van der Waals surface area contributed by atoms with Crippen molar-refractivity contribution in [1.82, 2.24) is 10.3 Å². The smallest absolute Gasteiger partial charge is 0.279 e. The number of hydrogen-bond donors (Lipinski definition) is 1. The van der Waals surface area contributed by atoms with Gasteiger partial charge in [-0.2, -0.15) is 0 Å². The predicted molar refractivity (Wildman–Crippen MR) is 119 cm³/mol. The average molecular weight is 466 g/mol. The van der Waals surface area contributed by atoms with Gasteiger partial charge in [0.2, 0.25) is 0 Å². The SMILES string of the molecule is CC(C)(C#Cc1cnc(Oc2cccc(Cl)c2)s1)NC(=O)c1ccc(Cl)cc1Cl. The van der Waals surface area contributed by atoms with Crippen molar-refractivity contribution in [2.75, 3.05) is 0 Å². The van der Waals surface area contributed by atoms with Crippen LogP contribution in [0.15, 0.2) is 48.7 Å². The van der Waals surface area contributed by atoms with E-state index in [4.69, 9.17) is 39.5 Å². The van der Waals surface area contributed by atoms with Crippen LogP contribution < -0.4 is 10.1 Å². The van der Waals surface area contributed by atoms with Crippen molar-refractivity contribution < 1.29 is 9.53 Å². The summed E-state index contributed by atoms with van der Waals surface area (Å²) in [6, 6.07) is 11.8. The molecule has 0 radical (unpaired) electrons. The van der Waals surface area contributed by atoms with E-state index in [-0.39, 0.29) is 10.9 Å². The highest BCUT2D eigenvalue weighted by atomic mass is 35.5. The second-order valence-electron chi connectivity index (χ2n) is 6.50. The van der Waals surface area contributed by atoms with E-state index in [0.717, 1.165) is 0 Å². The molecule has 4 nitrogen and oxygen atoms in total. The third-order valence-corrected chi connectivity index (χ3v) is 5.16. The van der Waals surface area contributed by atoms with Gasteiger partial charge in [0.1, 0.15) is 10.6 Å². The molecular weight excluding hydrogens is 451 g/mol. The zero-order valence-corrected chi connectivity index (χ0v) is 18.5. The third-order valence-electron chi connectivity index (χ3n) is 3.59. The van der Waals surface area contributed by atoms with Gasteiger partial charge in [-0.1, -0.05) is 64.0 Å². The summed E-state index contributed by atoms with van der Waals surface area (Å²) in [6.07, 6.45) is 1.62. The van der Waals surface area contributed by atoms with Gasteiger partial charge >= 0.3 is 0 Å². The lowest BCUT2D eigenvalue weighted by Gasteiger charge is -2.20. The van der Waals surface area contributed by atoms with Crippen LogP contribution in [0.4, 0.5) is 0 Å². The quantitative estimate of drug-likeness (QED) is 0.450. The predicted octanol–water partition coefficient (Wildman–Crippen LogP) is 6.46. The van der Waals surface area contributed by atoms with E-state index in [1.807, 2.05) is 0 Å². The van der Waals surface area contributed by atoms with Crippen LogP contribution in [0.3, 0.4) is 0 Å². The first kappa shape index (κ1) is 21.5. The molecule has 1 heterocycles. The number of hydrogen-bond acceptors (Lipinski definition) is 4. The summed E-state index contributed by atoms with van der Waals surface area (Å²) in [4.78, 5) is 17.4. The number of aromatic nitrogens is 1. The molecule has 0 bridgehead atoms. The molecule has 0 atom stereocenters. The van der Waals surface area contributed by atoms with E-state index < -0.39 is 5.54 Å². The molecular formula is C21H15Cl3N2O2S. The highest BCUT2D eigenvalue weighted by Crippen LogP contribution is 2.28. The van der Waals surface area contributed by atoms with E-state index in [0.29, 0.717) is 31.4 Å². The molecule has 1 amide bonds. The molecule has 0 spiro atoms. The number of thiazole rings is 1. The Morgan fingerprint density at radius 2 is 1.90 bits per heavy atom. The summed E-state index contributed by atoms with van der Waals surface area (Å²) in [5, 5.41) is 4.63. The van der Waals surface area contributed by atoms with E-state index in [9.17, 15) is 4.79 Å². The maximum Gasteiger partial charge on any atom is 0.279 e.